The first kappa shape index (κ1) is 23.6. The van der Waals surface area contributed by atoms with E-state index in [4.69, 9.17) is 4.74 Å². The molecule has 3 N–H and O–H groups in total. The van der Waals surface area contributed by atoms with E-state index in [1.54, 1.807) is 13.8 Å². The predicted molar refractivity (Wildman–Crippen MR) is 103 cm³/mol. The molecule has 0 saturated carbocycles. The van der Waals surface area contributed by atoms with Crippen LogP contribution in [0.2, 0.25) is 0 Å². The van der Waals surface area contributed by atoms with E-state index in [1.807, 2.05) is 6.92 Å². The van der Waals surface area contributed by atoms with Gasteiger partial charge in [-0.25, -0.2) is 17.9 Å². The molecule has 1 rings (SSSR count). The van der Waals surface area contributed by atoms with Gasteiger partial charge < -0.3 is 15.4 Å². The quantitative estimate of drug-likeness (QED) is 0.481. The Balaban J connectivity index is 2.62. The van der Waals surface area contributed by atoms with E-state index < -0.39 is 34.5 Å². The lowest BCUT2D eigenvalue weighted by Crippen LogP contribution is -2.46. The summed E-state index contributed by atoms with van der Waals surface area (Å²) in [6.07, 6.45) is 0.643. The Hall–Kier alpha value is -2.46. The molecule has 28 heavy (non-hydrogen) atoms. The van der Waals surface area contributed by atoms with Crippen LogP contribution in [0.25, 0.3) is 0 Å². The van der Waals surface area contributed by atoms with Crippen molar-refractivity contribution in [2.45, 2.75) is 51.1 Å². The Bertz CT molecular complexity index is 792. The van der Waals surface area contributed by atoms with Gasteiger partial charge in [-0.15, -0.1) is 0 Å². The van der Waals surface area contributed by atoms with Gasteiger partial charge in [-0.05, 0) is 51.5 Å². The van der Waals surface area contributed by atoms with E-state index in [2.05, 4.69) is 15.4 Å². The molecule has 0 heterocycles. The average molecular weight is 413 g/mol. The zero-order valence-corrected chi connectivity index (χ0v) is 17.3. The summed E-state index contributed by atoms with van der Waals surface area (Å²) in [5.74, 6) is -1.74. The van der Waals surface area contributed by atoms with Crippen LogP contribution in [0.15, 0.2) is 29.2 Å². The van der Waals surface area contributed by atoms with Crippen molar-refractivity contribution in [3.05, 3.63) is 29.8 Å². The van der Waals surface area contributed by atoms with Crippen LogP contribution in [0.4, 0.5) is 0 Å². The highest BCUT2D eigenvalue weighted by Crippen LogP contribution is 2.12. The Morgan fingerprint density at radius 2 is 1.68 bits per heavy atom. The molecule has 0 spiro atoms. The summed E-state index contributed by atoms with van der Waals surface area (Å²) >= 11 is 0. The highest BCUT2D eigenvalue weighted by molar-refractivity contribution is 7.89. The van der Waals surface area contributed by atoms with Crippen molar-refractivity contribution in [3.8, 4) is 0 Å². The van der Waals surface area contributed by atoms with Crippen LogP contribution in [-0.2, 0) is 24.3 Å². The van der Waals surface area contributed by atoms with Crippen molar-refractivity contribution >= 4 is 27.8 Å². The third kappa shape index (κ3) is 7.28. The second-order valence-electron chi connectivity index (χ2n) is 6.21. The minimum absolute atomic E-state index is 0.0258. The van der Waals surface area contributed by atoms with Gasteiger partial charge >= 0.3 is 5.97 Å². The maximum Gasteiger partial charge on any atom is 0.338 e. The summed E-state index contributed by atoms with van der Waals surface area (Å²) < 4.78 is 31.8. The van der Waals surface area contributed by atoms with Gasteiger partial charge in [-0.1, -0.05) is 6.92 Å². The number of amides is 2. The molecular formula is C18H27N3O6S. The van der Waals surface area contributed by atoms with Gasteiger partial charge in [-0.2, -0.15) is 0 Å². The number of rotatable bonds is 10. The SMILES string of the molecule is CCNC(=O)[C@H](C)NC(=O)COC(=O)c1ccc(S(=O)(=O)N[C@H](C)CC)cc1. The first-order valence-electron chi connectivity index (χ1n) is 8.97. The third-order valence-corrected chi connectivity index (χ3v) is 5.43. The molecule has 1 aromatic rings. The Labute approximate surface area is 165 Å². The molecule has 0 unspecified atom stereocenters. The number of hydrogen-bond acceptors (Lipinski definition) is 6. The summed E-state index contributed by atoms with van der Waals surface area (Å²) in [5, 5.41) is 4.97. The van der Waals surface area contributed by atoms with Crippen LogP contribution in [0.1, 0.15) is 44.5 Å². The van der Waals surface area contributed by atoms with Gasteiger partial charge in [0.15, 0.2) is 6.61 Å². The van der Waals surface area contributed by atoms with Gasteiger partial charge in [0.2, 0.25) is 15.9 Å². The van der Waals surface area contributed by atoms with Crippen LogP contribution >= 0.6 is 0 Å². The highest BCUT2D eigenvalue weighted by Gasteiger charge is 2.19. The standard InChI is InChI=1S/C18H27N3O6S/c1-5-12(3)21-28(25,26)15-9-7-14(8-10-15)18(24)27-11-16(22)20-13(4)17(23)19-6-2/h7-10,12-13,21H,5-6,11H2,1-4H3,(H,19,23)(H,20,22)/t12-,13+/m1/s1. The zero-order chi connectivity index (χ0) is 21.3. The predicted octanol–water partition coefficient (Wildman–Crippen LogP) is 0.561. The first-order chi connectivity index (χ1) is 13.1. The molecular weight excluding hydrogens is 386 g/mol. The lowest BCUT2D eigenvalue weighted by Gasteiger charge is -2.13. The lowest BCUT2D eigenvalue weighted by molar-refractivity contribution is -0.130. The number of nitrogens with one attached hydrogen (secondary N) is 3. The molecule has 0 fully saturated rings. The van der Waals surface area contributed by atoms with Crippen LogP contribution in [0.3, 0.4) is 0 Å². The van der Waals surface area contributed by atoms with Crippen LogP contribution in [-0.4, -0.2) is 51.4 Å². The van der Waals surface area contributed by atoms with E-state index in [0.29, 0.717) is 13.0 Å². The fraction of sp³-hybridized carbons (Fsp3) is 0.500. The molecule has 156 valence electrons. The molecule has 9 nitrogen and oxygen atoms in total. The van der Waals surface area contributed by atoms with Crippen molar-refractivity contribution in [1.82, 2.24) is 15.4 Å². The highest BCUT2D eigenvalue weighted by atomic mass is 32.2. The van der Waals surface area contributed by atoms with Crippen LogP contribution in [0, 0.1) is 0 Å². The van der Waals surface area contributed by atoms with Crippen molar-refractivity contribution in [2.75, 3.05) is 13.2 Å². The second-order valence-corrected chi connectivity index (χ2v) is 7.93. The molecule has 2 atom stereocenters. The molecule has 10 heteroatoms. The summed E-state index contributed by atoms with van der Waals surface area (Å²) in [6, 6.07) is 4.23. The van der Waals surface area contributed by atoms with Gasteiger partial charge in [0.25, 0.3) is 5.91 Å². The Morgan fingerprint density at radius 3 is 2.21 bits per heavy atom. The van der Waals surface area contributed by atoms with E-state index in [-0.39, 0.29) is 22.4 Å². The smallest absolute Gasteiger partial charge is 0.338 e. The third-order valence-electron chi connectivity index (χ3n) is 3.83. The summed E-state index contributed by atoms with van der Waals surface area (Å²) in [4.78, 5) is 35.3. The second kappa shape index (κ2) is 10.8. The maximum absolute atomic E-state index is 12.2. The number of hydrogen-bond donors (Lipinski definition) is 3. The average Bonchev–Trinajstić information content (AvgIpc) is 2.65. The Morgan fingerprint density at radius 1 is 1.07 bits per heavy atom. The number of benzene rings is 1. The number of likely N-dealkylation sites (N-methyl/N-ethyl adjacent to an activating group) is 1. The molecule has 1 aromatic carbocycles. The first-order valence-corrected chi connectivity index (χ1v) is 10.5. The number of ether oxygens (including phenoxy) is 1. The lowest BCUT2D eigenvalue weighted by atomic mass is 10.2. The number of sulfonamides is 1. The molecule has 0 bridgehead atoms. The maximum atomic E-state index is 12.2. The molecule has 0 aliphatic heterocycles. The molecule has 0 radical (unpaired) electrons. The molecule has 0 aliphatic carbocycles. The minimum atomic E-state index is -3.67. The van der Waals surface area contributed by atoms with E-state index >= 15 is 0 Å². The van der Waals surface area contributed by atoms with Crippen LogP contribution < -0.4 is 15.4 Å². The molecule has 0 aromatic heterocycles. The topological polar surface area (TPSA) is 131 Å². The van der Waals surface area contributed by atoms with Gasteiger partial charge in [-0.3, -0.25) is 9.59 Å². The summed E-state index contributed by atoms with van der Waals surface area (Å²) in [5.41, 5.74) is 0.104. The van der Waals surface area contributed by atoms with E-state index in [9.17, 15) is 22.8 Å². The minimum Gasteiger partial charge on any atom is -0.452 e. The van der Waals surface area contributed by atoms with Gasteiger partial charge in [0.1, 0.15) is 6.04 Å². The number of esters is 1. The van der Waals surface area contributed by atoms with E-state index in [0.717, 1.165) is 0 Å². The number of carbonyl (C=O) groups is 3. The fourth-order valence-corrected chi connectivity index (χ4v) is 3.40. The normalized spacial score (nSPS) is 13.3. The molecule has 2 amide bonds. The van der Waals surface area contributed by atoms with Gasteiger partial charge in [0, 0.05) is 12.6 Å². The Kier molecular flexibility index (Phi) is 9.07. The van der Waals surface area contributed by atoms with Crippen molar-refractivity contribution in [1.29, 1.82) is 0 Å². The van der Waals surface area contributed by atoms with Crippen molar-refractivity contribution in [3.63, 3.8) is 0 Å². The zero-order valence-electron chi connectivity index (χ0n) is 16.4. The molecule has 0 aliphatic rings. The fourth-order valence-electron chi connectivity index (χ4n) is 2.08. The summed E-state index contributed by atoms with van der Waals surface area (Å²) in [6.45, 7) is 6.76. The monoisotopic (exact) mass is 413 g/mol. The summed E-state index contributed by atoms with van der Waals surface area (Å²) in [7, 11) is -3.67. The number of carbonyl (C=O) groups excluding carboxylic acids is 3. The largest absolute Gasteiger partial charge is 0.452 e. The van der Waals surface area contributed by atoms with Crippen LogP contribution in [0.5, 0.6) is 0 Å². The van der Waals surface area contributed by atoms with Crippen molar-refractivity contribution < 1.29 is 27.5 Å². The van der Waals surface area contributed by atoms with Crippen molar-refractivity contribution in [2.24, 2.45) is 0 Å². The van der Waals surface area contributed by atoms with Gasteiger partial charge in [0.05, 0.1) is 10.5 Å². The van der Waals surface area contributed by atoms with E-state index in [1.165, 1.54) is 31.2 Å². The molecule has 0 saturated heterocycles.